The van der Waals surface area contributed by atoms with Crippen LogP contribution in [0, 0.1) is 0 Å². The van der Waals surface area contributed by atoms with Crippen molar-refractivity contribution in [1.29, 1.82) is 0 Å². The lowest BCUT2D eigenvalue weighted by Gasteiger charge is -2.17. The maximum absolute atomic E-state index is 5.58. The third-order valence-electron chi connectivity index (χ3n) is 1.91. The first-order valence-corrected chi connectivity index (χ1v) is 4.18. The molecule has 12 heavy (non-hydrogen) atoms. The molecule has 0 aliphatic carbocycles. The van der Waals surface area contributed by atoms with Crippen LogP contribution in [0.15, 0.2) is 6.20 Å². The lowest BCUT2D eigenvalue weighted by molar-refractivity contribution is 0.582. The fourth-order valence-corrected chi connectivity index (χ4v) is 1.31. The molecule has 0 unspecified atom stereocenters. The first kappa shape index (κ1) is 9.26. The average molecular weight is 167 g/mol. The van der Waals surface area contributed by atoms with Crippen molar-refractivity contribution in [3.8, 4) is 0 Å². The molecule has 3 nitrogen and oxygen atoms in total. The fraction of sp³-hybridized carbons (Fsp3) is 0.667. The van der Waals surface area contributed by atoms with Crippen molar-refractivity contribution < 1.29 is 0 Å². The van der Waals surface area contributed by atoms with Gasteiger partial charge in [0.2, 0.25) is 0 Å². The Balaban J connectivity index is 3.13. The molecule has 0 spiro atoms. The third kappa shape index (κ3) is 1.67. The van der Waals surface area contributed by atoms with Gasteiger partial charge >= 0.3 is 0 Å². The van der Waals surface area contributed by atoms with Crippen molar-refractivity contribution in [2.24, 2.45) is 12.8 Å². The summed E-state index contributed by atoms with van der Waals surface area (Å²) in [6.07, 6.45) is 2.04. The first-order chi connectivity index (χ1) is 5.45. The molecule has 1 aromatic rings. The second-order valence-corrected chi connectivity index (χ2v) is 4.12. The smallest absolute Gasteiger partial charge is 0.0797 e. The van der Waals surface area contributed by atoms with E-state index in [9.17, 15) is 0 Å². The highest BCUT2D eigenvalue weighted by molar-refractivity contribution is 5.24. The lowest BCUT2D eigenvalue weighted by Crippen LogP contribution is -2.14. The first-order valence-electron chi connectivity index (χ1n) is 4.18. The SMILES string of the molecule is Cn1cc(C(C)(C)C)c(CN)n1. The van der Waals surface area contributed by atoms with Gasteiger partial charge in [0.15, 0.2) is 0 Å². The molecule has 0 saturated carbocycles. The molecule has 0 aromatic carbocycles. The Morgan fingerprint density at radius 2 is 2.08 bits per heavy atom. The van der Waals surface area contributed by atoms with Crippen LogP contribution in [0.25, 0.3) is 0 Å². The summed E-state index contributed by atoms with van der Waals surface area (Å²) in [5.41, 5.74) is 7.97. The van der Waals surface area contributed by atoms with Gasteiger partial charge in [-0.3, -0.25) is 4.68 Å². The van der Waals surface area contributed by atoms with Crippen molar-refractivity contribution in [2.45, 2.75) is 32.7 Å². The molecule has 2 N–H and O–H groups in total. The predicted molar refractivity (Wildman–Crippen MR) is 49.8 cm³/mol. The highest BCUT2D eigenvalue weighted by Crippen LogP contribution is 2.24. The zero-order valence-electron chi connectivity index (χ0n) is 8.26. The van der Waals surface area contributed by atoms with Crippen LogP contribution < -0.4 is 5.73 Å². The summed E-state index contributed by atoms with van der Waals surface area (Å²) < 4.78 is 1.82. The van der Waals surface area contributed by atoms with Crippen LogP contribution in [0.4, 0.5) is 0 Å². The van der Waals surface area contributed by atoms with Crippen LogP contribution in [0.2, 0.25) is 0 Å². The lowest BCUT2D eigenvalue weighted by atomic mass is 9.87. The highest BCUT2D eigenvalue weighted by Gasteiger charge is 2.19. The summed E-state index contributed by atoms with van der Waals surface area (Å²) in [5, 5.41) is 4.29. The van der Waals surface area contributed by atoms with E-state index in [-0.39, 0.29) is 5.41 Å². The van der Waals surface area contributed by atoms with Crippen molar-refractivity contribution in [3.05, 3.63) is 17.5 Å². The minimum absolute atomic E-state index is 0.142. The van der Waals surface area contributed by atoms with Gasteiger partial charge in [-0.25, -0.2) is 0 Å². The van der Waals surface area contributed by atoms with Gasteiger partial charge in [-0.1, -0.05) is 20.8 Å². The van der Waals surface area contributed by atoms with Crippen molar-refractivity contribution in [1.82, 2.24) is 9.78 Å². The monoisotopic (exact) mass is 167 g/mol. The molecule has 0 bridgehead atoms. The Hall–Kier alpha value is -0.830. The number of hydrogen-bond acceptors (Lipinski definition) is 2. The summed E-state index contributed by atoms with van der Waals surface area (Å²) in [6, 6.07) is 0. The van der Waals surface area contributed by atoms with Gasteiger partial charge in [0.05, 0.1) is 5.69 Å². The van der Waals surface area contributed by atoms with Gasteiger partial charge in [0, 0.05) is 19.8 Å². The summed E-state index contributed by atoms with van der Waals surface area (Å²) in [5.74, 6) is 0. The Kier molecular flexibility index (Phi) is 2.24. The fourth-order valence-electron chi connectivity index (χ4n) is 1.31. The zero-order chi connectivity index (χ0) is 9.35. The molecule has 1 rings (SSSR count). The van der Waals surface area contributed by atoms with E-state index in [1.165, 1.54) is 5.56 Å². The largest absolute Gasteiger partial charge is 0.325 e. The average Bonchev–Trinajstić information content (AvgIpc) is 2.29. The van der Waals surface area contributed by atoms with E-state index < -0.39 is 0 Å². The van der Waals surface area contributed by atoms with Crippen molar-refractivity contribution in [3.63, 3.8) is 0 Å². The van der Waals surface area contributed by atoms with E-state index in [0.717, 1.165) is 5.69 Å². The third-order valence-corrected chi connectivity index (χ3v) is 1.91. The van der Waals surface area contributed by atoms with Crippen LogP contribution in [-0.2, 0) is 19.0 Å². The minimum Gasteiger partial charge on any atom is -0.325 e. The molecule has 0 fully saturated rings. The molecule has 0 aliphatic heterocycles. The van der Waals surface area contributed by atoms with E-state index in [1.54, 1.807) is 0 Å². The Morgan fingerprint density at radius 3 is 2.42 bits per heavy atom. The zero-order valence-corrected chi connectivity index (χ0v) is 8.26. The maximum Gasteiger partial charge on any atom is 0.0797 e. The van der Waals surface area contributed by atoms with E-state index in [2.05, 4.69) is 25.9 Å². The molecular weight excluding hydrogens is 150 g/mol. The van der Waals surface area contributed by atoms with Gasteiger partial charge < -0.3 is 5.73 Å². The quantitative estimate of drug-likeness (QED) is 0.682. The molecule has 3 heteroatoms. The molecular formula is C9H17N3. The second-order valence-electron chi connectivity index (χ2n) is 4.12. The summed E-state index contributed by atoms with van der Waals surface area (Å²) >= 11 is 0. The van der Waals surface area contributed by atoms with E-state index in [1.807, 2.05) is 17.9 Å². The van der Waals surface area contributed by atoms with Gasteiger partial charge in [-0.05, 0) is 11.0 Å². The van der Waals surface area contributed by atoms with E-state index in [4.69, 9.17) is 5.73 Å². The summed E-state index contributed by atoms with van der Waals surface area (Å²) in [7, 11) is 1.92. The van der Waals surface area contributed by atoms with Gasteiger partial charge in [-0.2, -0.15) is 5.10 Å². The number of nitrogens with two attached hydrogens (primary N) is 1. The normalized spacial score (nSPS) is 12.1. The van der Waals surface area contributed by atoms with Crippen LogP contribution in [0.5, 0.6) is 0 Å². The highest BCUT2D eigenvalue weighted by atomic mass is 15.3. The van der Waals surface area contributed by atoms with Gasteiger partial charge in [0.25, 0.3) is 0 Å². The van der Waals surface area contributed by atoms with Crippen molar-refractivity contribution >= 4 is 0 Å². The Morgan fingerprint density at radius 1 is 1.50 bits per heavy atom. The Bertz CT molecular complexity index is 268. The molecule has 68 valence electrons. The van der Waals surface area contributed by atoms with E-state index in [0.29, 0.717) is 6.54 Å². The van der Waals surface area contributed by atoms with Crippen LogP contribution >= 0.6 is 0 Å². The predicted octanol–water partition coefficient (Wildman–Crippen LogP) is 1.18. The van der Waals surface area contributed by atoms with Gasteiger partial charge in [0.1, 0.15) is 0 Å². The summed E-state index contributed by atoms with van der Waals surface area (Å²) in [4.78, 5) is 0. The minimum atomic E-state index is 0.142. The Labute approximate surface area is 73.6 Å². The number of aromatic nitrogens is 2. The molecule has 0 saturated heterocycles. The molecule has 0 atom stereocenters. The number of nitrogens with zero attached hydrogens (tertiary/aromatic N) is 2. The van der Waals surface area contributed by atoms with Crippen LogP contribution in [0.3, 0.4) is 0 Å². The second kappa shape index (κ2) is 2.90. The molecule has 1 heterocycles. The number of aryl methyl sites for hydroxylation is 1. The van der Waals surface area contributed by atoms with Gasteiger partial charge in [-0.15, -0.1) is 0 Å². The van der Waals surface area contributed by atoms with E-state index >= 15 is 0 Å². The maximum atomic E-state index is 5.58. The topological polar surface area (TPSA) is 43.8 Å². The van der Waals surface area contributed by atoms with Crippen molar-refractivity contribution in [2.75, 3.05) is 0 Å². The molecule has 1 aromatic heterocycles. The number of rotatable bonds is 1. The molecule has 0 amide bonds. The summed E-state index contributed by atoms with van der Waals surface area (Å²) in [6.45, 7) is 7.03. The van der Waals surface area contributed by atoms with Crippen LogP contribution in [-0.4, -0.2) is 9.78 Å². The van der Waals surface area contributed by atoms with Crippen LogP contribution in [0.1, 0.15) is 32.0 Å². The standard InChI is InChI=1S/C9H17N3/c1-9(2,3)7-6-12(4)11-8(7)5-10/h6H,5,10H2,1-4H3. The molecule has 0 aliphatic rings. The molecule has 0 radical (unpaired) electrons. The number of hydrogen-bond donors (Lipinski definition) is 1.